The van der Waals surface area contributed by atoms with Crippen LogP contribution in [0.15, 0.2) is 42.5 Å². The molecule has 5 heteroatoms. The number of carbonyl (C=O) groups excluding carboxylic acids is 2. The van der Waals surface area contributed by atoms with E-state index in [1.807, 2.05) is 44.2 Å². The van der Waals surface area contributed by atoms with Crippen LogP contribution in [0.5, 0.6) is 0 Å². The Morgan fingerprint density at radius 2 is 1.75 bits per heavy atom. The molecule has 0 unspecified atom stereocenters. The fourth-order valence-corrected chi connectivity index (χ4v) is 2.52. The number of carbonyl (C=O) groups is 2. The van der Waals surface area contributed by atoms with Gasteiger partial charge < -0.3 is 10.2 Å². The molecule has 0 atom stereocenters. The van der Waals surface area contributed by atoms with Crippen molar-refractivity contribution in [1.29, 1.82) is 0 Å². The predicted octanol–water partition coefficient (Wildman–Crippen LogP) is 3.63. The Kier molecular flexibility index (Phi) is 5.99. The van der Waals surface area contributed by atoms with Gasteiger partial charge in [0.25, 0.3) is 0 Å². The Balaban J connectivity index is 2.05. The molecular formula is C19H21ClN2O2. The lowest BCUT2D eigenvalue weighted by atomic mass is 10.1. The molecule has 2 aromatic carbocycles. The Labute approximate surface area is 147 Å². The lowest BCUT2D eigenvalue weighted by Crippen LogP contribution is -2.40. The zero-order valence-electron chi connectivity index (χ0n) is 14.1. The first-order valence-electron chi connectivity index (χ1n) is 7.74. The molecule has 2 rings (SSSR count). The summed E-state index contributed by atoms with van der Waals surface area (Å²) in [4.78, 5) is 25.7. The maximum absolute atomic E-state index is 12.2. The molecule has 0 aliphatic heterocycles. The summed E-state index contributed by atoms with van der Waals surface area (Å²) in [6.07, 6.45) is 0. The quantitative estimate of drug-likeness (QED) is 0.900. The highest BCUT2D eigenvalue weighted by atomic mass is 35.5. The van der Waals surface area contributed by atoms with Gasteiger partial charge in [0.2, 0.25) is 11.8 Å². The molecule has 0 heterocycles. The van der Waals surface area contributed by atoms with Crippen LogP contribution in [0.25, 0.3) is 0 Å². The molecule has 2 aromatic rings. The minimum absolute atomic E-state index is 0.00673. The third-order valence-electron chi connectivity index (χ3n) is 3.95. The maximum atomic E-state index is 12.2. The first-order chi connectivity index (χ1) is 11.4. The van der Waals surface area contributed by atoms with E-state index in [1.54, 1.807) is 12.1 Å². The molecule has 2 amide bonds. The van der Waals surface area contributed by atoms with E-state index in [1.165, 1.54) is 11.8 Å². The monoisotopic (exact) mass is 344 g/mol. The lowest BCUT2D eigenvalue weighted by Gasteiger charge is -2.23. The zero-order valence-corrected chi connectivity index (χ0v) is 14.9. The molecule has 1 N–H and O–H groups in total. The van der Waals surface area contributed by atoms with Crippen LogP contribution >= 0.6 is 11.6 Å². The summed E-state index contributed by atoms with van der Waals surface area (Å²) < 4.78 is 0. The topological polar surface area (TPSA) is 49.4 Å². The van der Waals surface area contributed by atoms with Gasteiger partial charge in [-0.05, 0) is 48.7 Å². The van der Waals surface area contributed by atoms with Crippen molar-refractivity contribution in [2.45, 2.75) is 27.3 Å². The highest BCUT2D eigenvalue weighted by Crippen LogP contribution is 2.22. The SMILES string of the molecule is CC(=O)N(CC(=O)NCc1ccc(Cl)cc1)c1cccc(C)c1C. The lowest BCUT2D eigenvalue weighted by molar-refractivity contribution is -0.123. The molecule has 0 fully saturated rings. The van der Waals surface area contributed by atoms with Crippen LogP contribution in [0, 0.1) is 13.8 Å². The van der Waals surface area contributed by atoms with E-state index in [2.05, 4.69) is 5.32 Å². The summed E-state index contributed by atoms with van der Waals surface area (Å²) in [6.45, 7) is 5.79. The summed E-state index contributed by atoms with van der Waals surface area (Å²) in [6, 6.07) is 13.0. The second kappa shape index (κ2) is 7.97. The molecule has 0 bridgehead atoms. The number of benzene rings is 2. The van der Waals surface area contributed by atoms with Gasteiger partial charge in [-0.2, -0.15) is 0 Å². The smallest absolute Gasteiger partial charge is 0.240 e. The number of nitrogens with zero attached hydrogens (tertiary/aromatic N) is 1. The molecular weight excluding hydrogens is 324 g/mol. The van der Waals surface area contributed by atoms with E-state index >= 15 is 0 Å². The van der Waals surface area contributed by atoms with Crippen molar-refractivity contribution in [3.63, 3.8) is 0 Å². The van der Waals surface area contributed by atoms with Crippen LogP contribution in [-0.2, 0) is 16.1 Å². The normalized spacial score (nSPS) is 10.3. The minimum atomic E-state index is -0.207. The zero-order chi connectivity index (χ0) is 17.7. The number of aryl methyl sites for hydroxylation is 1. The van der Waals surface area contributed by atoms with Gasteiger partial charge in [0, 0.05) is 24.2 Å². The average Bonchev–Trinajstić information content (AvgIpc) is 2.55. The molecule has 0 saturated carbocycles. The molecule has 0 aliphatic carbocycles. The number of rotatable bonds is 5. The average molecular weight is 345 g/mol. The first-order valence-corrected chi connectivity index (χ1v) is 8.11. The molecule has 24 heavy (non-hydrogen) atoms. The number of halogens is 1. The summed E-state index contributed by atoms with van der Waals surface area (Å²) in [5.74, 6) is -0.369. The van der Waals surface area contributed by atoms with Gasteiger partial charge in [0.05, 0.1) is 0 Å². The largest absolute Gasteiger partial charge is 0.350 e. The van der Waals surface area contributed by atoms with Gasteiger partial charge in [0.15, 0.2) is 0 Å². The fourth-order valence-electron chi connectivity index (χ4n) is 2.40. The Morgan fingerprint density at radius 1 is 1.08 bits per heavy atom. The van der Waals surface area contributed by atoms with Gasteiger partial charge in [0.1, 0.15) is 6.54 Å². The Morgan fingerprint density at radius 3 is 2.38 bits per heavy atom. The summed E-state index contributed by atoms with van der Waals surface area (Å²) in [5, 5.41) is 3.49. The maximum Gasteiger partial charge on any atom is 0.240 e. The van der Waals surface area contributed by atoms with Crippen molar-refractivity contribution >= 4 is 29.1 Å². The standard InChI is InChI=1S/C19H21ClN2O2/c1-13-5-4-6-18(14(13)2)22(15(3)23)12-19(24)21-11-16-7-9-17(20)10-8-16/h4-10H,11-12H2,1-3H3,(H,21,24). The second-order valence-electron chi connectivity index (χ2n) is 5.73. The van der Waals surface area contributed by atoms with Crippen LogP contribution < -0.4 is 10.2 Å². The fraction of sp³-hybridized carbons (Fsp3) is 0.263. The van der Waals surface area contributed by atoms with Crippen molar-refractivity contribution in [3.8, 4) is 0 Å². The number of hydrogen-bond acceptors (Lipinski definition) is 2. The van der Waals surface area contributed by atoms with Crippen molar-refractivity contribution in [2.24, 2.45) is 0 Å². The van der Waals surface area contributed by atoms with E-state index in [-0.39, 0.29) is 18.4 Å². The summed E-state index contributed by atoms with van der Waals surface area (Å²) in [7, 11) is 0. The highest BCUT2D eigenvalue weighted by molar-refractivity contribution is 6.30. The minimum Gasteiger partial charge on any atom is -0.350 e. The van der Waals surface area contributed by atoms with Crippen LogP contribution in [0.3, 0.4) is 0 Å². The van der Waals surface area contributed by atoms with Crippen molar-refractivity contribution < 1.29 is 9.59 Å². The van der Waals surface area contributed by atoms with Crippen LogP contribution in [-0.4, -0.2) is 18.4 Å². The van der Waals surface area contributed by atoms with Gasteiger partial charge >= 0.3 is 0 Å². The van der Waals surface area contributed by atoms with Crippen LogP contribution in [0.4, 0.5) is 5.69 Å². The van der Waals surface area contributed by atoms with Gasteiger partial charge in [-0.15, -0.1) is 0 Å². The summed E-state index contributed by atoms with van der Waals surface area (Å²) in [5.41, 5.74) is 3.80. The predicted molar refractivity (Wildman–Crippen MR) is 97.2 cm³/mol. The highest BCUT2D eigenvalue weighted by Gasteiger charge is 2.18. The molecule has 126 valence electrons. The number of anilines is 1. The number of amides is 2. The first kappa shape index (κ1) is 18.0. The number of hydrogen-bond donors (Lipinski definition) is 1. The van der Waals surface area contributed by atoms with E-state index < -0.39 is 0 Å². The molecule has 0 radical (unpaired) electrons. The van der Waals surface area contributed by atoms with Crippen molar-refractivity contribution in [1.82, 2.24) is 5.32 Å². The van der Waals surface area contributed by atoms with Crippen LogP contribution in [0.2, 0.25) is 5.02 Å². The molecule has 0 spiro atoms. The van der Waals surface area contributed by atoms with Gasteiger partial charge in [-0.1, -0.05) is 35.9 Å². The molecule has 0 aromatic heterocycles. The van der Waals surface area contributed by atoms with E-state index in [9.17, 15) is 9.59 Å². The molecule has 0 aliphatic rings. The molecule has 0 saturated heterocycles. The Bertz CT molecular complexity index is 742. The summed E-state index contributed by atoms with van der Waals surface area (Å²) >= 11 is 5.84. The third-order valence-corrected chi connectivity index (χ3v) is 4.20. The molecule has 4 nitrogen and oxygen atoms in total. The van der Waals surface area contributed by atoms with Gasteiger partial charge in [-0.3, -0.25) is 9.59 Å². The van der Waals surface area contributed by atoms with E-state index in [0.29, 0.717) is 11.6 Å². The van der Waals surface area contributed by atoms with Crippen molar-refractivity contribution in [2.75, 3.05) is 11.4 Å². The van der Waals surface area contributed by atoms with Crippen LogP contribution in [0.1, 0.15) is 23.6 Å². The van der Waals surface area contributed by atoms with Gasteiger partial charge in [-0.25, -0.2) is 0 Å². The van der Waals surface area contributed by atoms with E-state index in [4.69, 9.17) is 11.6 Å². The number of nitrogens with one attached hydrogen (secondary N) is 1. The third kappa shape index (κ3) is 4.59. The van der Waals surface area contributed by atoms with Crippen molar-refractivity contribution in [3.05, 3.63) is 64.2 Å². The second-order valence-corrected chi connectivity index (χ2v) is 6.16. The van der Waals surface area contributed by atoms with E-state index in [0.717, 1.165) is 22.4 Å². The Hall–Kier alpha value is -2.33.